The SMILES string of the molecule is CC(C)CC1(C(=O)C(Cl)c2ccccc2)CCCC1. The van der Waals surface area contributed by atoms with Gasteiger partial charge in [-0.25, -0.2) is 0 Å². The number of alkyl halides is 1. The van der Waals surface area contributed by atoms with E-state index in [1.54, 1.807) is 0 Å². The summed E-state index contributed by atoms with van der Waals surface area (Å²) in [6, 6.07) is 9.75. The van der Waals surface area contributed by atoms with E-state index in [1.165, 1.54) is 0 Å². The van der Waals surface area contributed by atoms with Gasteiger partial charge in [-0.15, -0.1) is 11.6 Å². The first-order chi connectivity index (χ1) is 9.05. The van der Waals surface area contributed by atoms with Gasteiger partial charge in [0.15, 0.2) is 5.78 Å². The standard InChI is InChI=1S/C17H23ClO/c1-13(2)12-17(10-6-7-11-17)16(19)15(18)14-8-4-3-5-9-14/h3-5,8-9,13,15H,6-7,10-12H2,1-2H3. The Morgan fingerprint density at radius 1 is 1.21 bits per heavy atom. The molecule has 0 aromatic heterocycles. The highest BCUT2D eigenvalue weighted by Gasteiger charge is 2.43. The summed E-state index contributed by atoms with van der Waals surface area (Å²) in [4.78, 5) is 12.9. The summed E-state index contributed by atoms with van der Waals surface area (Å²) in [7, 11) is 0. The molecule has 19 heavy (non-hydrogen) atoms. The van der Waals surface area contributed by atoms with Crippen LogP contribution in [0.15, 0.2) is 30.3 Å². The number of carbonyl (C=O) groups is 1. The van der Waals surface area contributed by atoms with Crippen molar-refractivity contribution in [3.63, 3.8) is 0 Å². The van der Waals surface area contributed by atoms with E-state index in [0.717, 1.165) is 37.7 Å². The molecule has 1 unspecified atom stereocenters. The van der Waals surface area contributed by atoms with E-state index in [9.17, 15) is 4.79 Å². The van der Waals surface area contributed by atoms with E-state index in [-0.39, 0.29) is 11.2 Å². The molecule has 1 nitrogen and oxygen atoms in total. The molecule has 1 aromatic carbocycles. The molecule has 0 bridgehead atoms. The third kappa shape index (κ3) is 3.20. The highest BCUT2D eigenvalue weighted by molar-refractivity contribution is 6.31. The Morgan fingerprint density at radius 3 is 2.32 bits per heavy atom. The monoisotopic (exact) mass is 278 g/mol. The topological polar surface area (TPSA) is 17.1 Å². The lowest BCUT2D eigenvalue weighted by atomic mass is 9.73. The van der Waals surface area contributed by atoms with Crippen molar-refractivity contribution in [1.29, 1.82) is 0 Å². The lowest BCUT2D eigenvalue weighted by molar-refractivity contribution is -0.129. The van der Waals surface area contributed by atoms with Crippen molar-refractivity contribution in [2.24, 2.45) is 11.3 Å². The van der Waals surface area contributed by atoms with Crippen molar-refractivity contribution < 1.29 is 4.79 Å². The van der Waals surface area contributed by atoms with Gasteiger partial charge in [0.05, 0.1) is 0 Å². The Labute approximate surface area is 121 Å². The number of hydrogen-bond donors (Lipinski definition) is 0. The number of carbonyl (C=O) groups excluding carboxylic acids is 1. The van der Waals surface area contributed by atoms with Crippen molar-refractivity contribution in [1.82, 2.24) is 0 Å². The zero-order valence-corrected chi connectivity index (χ0v) is 12.6. The zero-order chi connectivity index (χ0) is 13.9. The van der Waals surface area contributed by atoms with Gasteiger partial charge < -0.3 is 0 Å². The van der Waals surface area contributed by atoms with Gasteiger partial charge in [-0.2, -0.15) is 0 Å². The van der Waals surface area contributed by atoms with Crippen LogP contribution in [0, 0.1) is 11.3 Å². The summed E-state index contributed by atoms with van der Waals surface area (Å²) in [6.45, 7) is 4.39. The summed E-state index contributed by atoms with van der Waals surface area (Å²) in [6.07, 6.45) is 5.33. The summed E-state index contributed by atoms with van der Waals surface area (Å²) in [5.74, 6) is 0.785. The Morgan fingerprint density at radius 2 is 1.79 bits per heavy atom. The summed E-state index contributed by atoms with van der Waals surface area (Å²) < 4.78 is 0. The molecule has 0 spiro atoms. The molecule has 1 saturated carbocycles. The van der Waals surface area contributed by atoms with Gasteiger partial charge in [-0.3, -0.25) is 4.79 Å². The van der Waals surface area contributed by atoms with E-state index < -0.39 is 5.38 Å². The first kappa shape index (κ1) is 14.6. The van der Waals surface area contributed by atoms with Gasteiger partial charge in [0.1, 0.15) is 5.38 Å². The fraction of sp³-hybridized carbons (Fsp3) is 0.588. The number of halogens is 1. The van der Waals surface area contributed by atoms with E-state index in [4.69, 9.17) is 11.6 Å². The quantitative estimate of drug-likeness (QED) is 0.682. The van der Waals surface area contributed by atoms with Crippen LogP contribution < -0.4 is 0 Å². The van der Waals surface area contributed by atoms with Gasteiger partial charge >= 0.3 is 0 Å². The van der Waals surface area contributed by atoms with Crippen LogP contribution >= 0.6 is 11.6 Å². The van der Waals surface area contributed by atoms with E-state index in [2.05, 4.69) is 13.8 Å². The Balaban J connectivity index is 2.20. The molecule has 2 heteroatoms. The number of ketones is 1. The van der Waals surface area contributed by atoms with E-state index in [1.807, 2.05) is 30.3 Å². The summed E-state index contributed by atoms with van der Waals surface area (Å²) in [5, 5.41) is -0.488. The molecular formula is C17H23ClO. The molecule has 0 saturated heterocycles. The fourth-order valence-electron chi connectivity index (χ4n) is 3.43. The molecule has 1 aliphatic rings. The van der Waals surface area contributed by atoms with Crippen LogP contribution in [0.5, 0.6) is 0 Å². The van der Waals surface area contributed by atoms with Gasteiger partial charge in [0.2, 0.25) is 0 Å². The molecule has 0 radical (unpaired) electrons. The summed E-state index contributed by atoms with van der Waals surface area (Å²) in [5.41, 5.74) is 0.764. The second-order valence-corrected chi connectivity index (χ2v) is 6.66. The molecule has 104 valence electrons. The minimum atomic E-state index is -0.488. The first-order valence-electron chi connectivity index (χ1n) is 7.28. The molecule has 0 aliphatic heterocycles. The molecule has 0 heterocycles. The number of rotatable bonds is 5. The third-order valence-electron chi connectivity index (χ3n) is 4.20. The van der Waals surface area contributed by atoms with Gasteiger partial charge in [-0.05, 0) is 30.7 Å². The van der Waals surface area contributed by atoms with Crippen LogP contribution in [0.1, 0.15) is 56.9 Å². The second kappa shape index (κ2) is 6.09. The fourth-order valence-corrected chi connectivity index (χ4v) is 3.80. The van der Waals surface area contributed by atoms with Crippen LogP contribution in [-0.4, -0.2) is 5.78 Å². The highest BCUT2D eigenvalue weighted by Crippen LogP contribution is 2.47. The lowest BCUT2D eigenvalue weighted by Crippen LogP contribution is -2.32. The molecule has 0 amide bonds. The maximum absolute atomic E-state index is 12.9. The van der Waals surface area contributed by atoms with Crippen molar-refractivity contribution in [3.05, 3.63) is 35.9 Å². The Bertz CT molecular complexity index is 418. The van der Waals surface area contributed by atoms with Crippen LogP contribution in [0.4, 0.5) is 0 Å². The van der Waals surface area contributed by atoms with E-state index >= 15 is 0 Å². The maximum Gasteiger partial charge on any atom is 0.161 e. The number of Topliss-reactive ketones (excluding diaryl/α,β-unsaturated/α-hetero) is 1. The summed E-state index contributed by atoms with van der Waals surface area (Å²) >= 11 is 6.46. The average Bonchev–Trinajstić information content (AvgIpc) is 2.87. The predicted molar refractivity (Wildman–Crippen MR) is 80.4 cm³/mol. The molecule has 2 rings (SSSR count). The van der Waals surface area contributed by atoms with Crippen LogP contribution in [0.2, 0.25) is 0 Å². The molecule has 1 fully saturated rings. The van der Waals surface area contributed by atoms with Gasteiger partial charge in [0.25, 0.3) is 0 Å². The average molecular weight is 279 g/mol. The van der Waals surface area contributed by atoms with Crippen LogP contribution in [-0.2, 0) is 4.79 Å². The molecule has 1 atom stereocenters. The highest BCUT2D eigenvalue weighted by atomic mass is 35.5. The molecule has 1 aliphatic carbocycles. The maximum atomic E-state index is 12.9. The Hall–Kier alpha value is -0.820. The Kier molecular flexibility index (Phi) is 4.67. The number of benzene rings is 1. The lowest BCUT2D eigenvalue weighted by Gasteiger charge is -2.31. The van der Waals surface area contributed by atoms with Crippen molar-refractivity contribution in [2.45, 2.75) is 51.3 Å². The normalized spacial score (nSPS) is 19.6. The van der Waals surface area contributed by atoms with Gasteiger partial charge in [0, 0.05) is 5.41 Å². The minimum Gasteiger partial charge on any atom is -0.297 e. The van der Waals surface area contributed by atoms with E-state index in [0.29, 0.717) is 5.92 Å². The number of hydrogen-bond acceptors (Lipinski definition) is 1. The largest absolute Gasteiger partial charge is 0.297 e. The first-order valence-corrected chi connectivity index (χ1v) is 7.72. The van der Waals surface area contributed by atoms with Crippen LogP contribution in [0.25, 0.3) is 0 Å². The molecule has 1 aromatic rings. The second-order valence-electron chi connectivity index (χ2n) is 6.22. The third-order valence-corrected chi connectivity index (χ3v) is 4.65. The predicted octanol–water partition coefficient (Wildman–Crippen LogP) is 5.14. The zero-order valence-electron chi connectivity index (χ0n) is 11.9. The van der Waals surface area contributed by atoms with Crippen LogP contribution in [0.3, 0.4) is 0 Å². The van der Waals surface area contributed by atoms with Crippen molar-refractivity contribution in [2.75, 3.05) is 0 Å². The van der Waals surface area contributed by atoms with Crippen molar-refractivity contribution >= 4 is 17.4 Å². The van der Waals surface area contributed by atoms with Gasteiger partial charge in [-0.1, -0.05) is 57.0 Å². The molecule has 0 N–H and O–H groups in total. The molecular weight excluding hydrogens is 256 g/mol. The van der Waals surface area contributed by atoms with Crippen molar-refractivity contribution in [3.8, 4) is 0 Å². The smallest absolute Gasteiger partial charge is 0.161 e. The minimum absolute atomic E-state index is 0.170.